The maximum absolute atomic E-state index is 12.6. The minimum Gasteiger partial charge on any atom is -0.380 e. The summed E-state index contributed by atoms with van der Waals surface area (Å²) in [7, 11) is 0. The highest BCUT2D eigenvalue weighted by Gasteiger charge is 2.11. The average molecular weight is 440 g/mol. The summed E-state index contributed by atoms with van der Waals surface area (Å²) in [6, 6.07) is 12.9. The third kappa shape index (κ3) is 4.20. The van der Waals surface area contributed by atoms with Crippen LogP contribution in [0.2, 0.25) is 5.02 Å². The van der Waals surface area contributed by atoms with Gasteiger partial charge in [0.25, 0.3) is 5.91 Å². The molecule has 0 saturated heterocycles. The van der Waals surface area contributed by atoms with Crippen molar-refractivity contribution in [2.45, 2.75) is 13.5 Å². The molecule has 4 nitrogen and oxygen atoms in total. The van der Waals surface area contributed by atoms with Gasteiger partial charge in [-0.25, -0.2) is 0 Å². The Bertz CT molecular complexity index is 981. The topological polar surface area (TPSA) is 43.6 Å². The lowest BCUT2D eigenvalue weighted by molar-refractivity contribution is 0.0996. The first kappa shape index (κ1) is 18.3. The van der Waals surface area contributed by atoms with E-state index in [1.165, 1.54) is 11.3 Å². The van der Waals surface area contributed by atoms with Crippen LogP contribution in [0.1, 0.15) is 17.3 Å². The van der Waals surface area contributed by atoms with Gasteiger partial charge < -0.3 is 9.30 Å². The van der Waals surface area contributed by atoms with Crippen molar-refractivity contribution in [3.8, 4) is 0 Å². The van der Waals surface area contributed by atoms with E-state index in [1.54, 1.807) is 6.07 Å². The molecule has 0 radical (unpaired) electrons. The number of fused-ring (bicyclic) bond motifs is 1. The number of rotatable bonds is 5. The van der Waals surface area contributed by atoms with Crippen LogP contribution < -0.4 is 4.80 Å². The third-order valence-electron chi connectivity index (χ3n) is 3.61. The molecule has 2 aromatic carbocycles. The summed E-state index contributed by atoms with van der Waals surface area (Å²) < 4.78 is 9.19. The molecule has 3 aromatic rings. The van der Waals surface area contributed by atoms with Gasteiger partial charge in [-0.15, -0.1) is 0 Å². The maximum Gasteiger partial charge on any atom is 0.280 e. The lowest BCUT2D eigenvalue weighted by atomic mass is 10.2. The van der Waals surface area contributed by atoms with Gasteiger partial charge in [-0.1, -0.05) is 35.1 Å². The Morgan fingerprint density at radius 2 is 2.12 bits per heavy atom. The quantitative estimate of drug-likeness (QED) is 0.531. The van der Waals surface area contributed by atoms with E-state index in [2.05, 4.69) is 20.9 Å². The molecular formula is C18H16BrClN2O2S. The van der Waals surface area contributed by atoms with E-state index in [9.17, 15) is 4.79 Å². The van der Waals surface area contributed by atoms with E-state index < -0.39 is 0 Å². The summed E-state index contributed by atoms with van der Waals surface area (Å²) in [4.78, 5) is 17.6. The highest BCUT2D eigenvalue weighted by atomic mass is 79.9. The molecule has 25 heavy (non-hydrogen) atoms. The van der Waals surface area contributed by atoms with E-state index in [4.69, 9.17) is 16.3 Å². The standard InChI is InChI=1S/C18H16BrClN2O2S/c1-2-24-10-9-22-15-8-7-12(20)11-16(15)25-18(22)21-17(23)13-5-3-4-6-14(13)19/h3-8,11H,2,9-10H2,1H3. The minimum atomic E-state index is -0.282. The summed E-state index contributed by atoms with van der Waals surface area (Å²) >= 11 is 10.9. The number of ether oxygens (including phenoxy) is 1. The highest BCUT2D eigenvalue weighted by molar-refractivity contribution is 9.10. The number of hydrogen-bond acceptors (Lipinski definition) is 3. The number of halogens is 2. The Morgan fingerprint density at radius 1 is 1.32 bits per heavy atom. The molecule has 1 aromatic heterocycles. The molecule has 1 amide bonds. The molecular weight excluding hydrogens is 424 g/mol. The number of benzene rings is 2. The smallest absolute Gasteiger partial charge is 0.280 e. The largest absolute Gasteiger partial charge is 0.380 e. The normalized spacial score (nSPS) is 12.0. The molecule has 0 saturated carbocycles. The SMILES string of the molecule is CCOCCn1c(=NC(=O)c2ccccc2Br)sc2cc(Cl)ccc21. The molecule has 130 valence electrons. The van der Waals surface area contributed by atoms with E-state index in [-0.39, 0.29) is 5.91 Å². The predicted octanol–water partition coefficient (Wildman–Crippen LogP) is 4.90. The first-order valence-corrected chi connectivity index (χ1v) is 9.79. The van der Waals surface area contributed by atoms with E-state index in [0.29, 0.717) is 35.1 Å². The minimum absolute atomic E-state index is 0.282. The second-order valence-corrected chi connectivity index (χ2v) is 7.54. The summed E-state index contributed by atoms with van der Waals surface area (Å²) in [5.74, 6) is -0.282. The van der Waals surface area contributed by atoms with Crippen molar-refractivity contribution in [1.82, 2.24) is 4.57 Å². The fraction of sp³-hybridized carbons (Fsp3) is 0.222. The number of carbonyl (C=O) groups excluding carboxylic acids is 1. The predicted molar refractivity (Wildman–Crippen MR) is 105 cm³/mol. The Kier molecular flexibility index (Phi) is 6.06. The first-order valence-electron chi connectivity index (χ1n) is 7.80. The fourth-order valence-corrected chi connectivity index (χ4v) is 4.22. The van der Waals surface area contributed by atoms with Gasteiger partial charge in [0, 0.05) is 22.6 Å². The van der Waals surface area contributed by atoms with Gasteiger partial charge in [0.2, 0.25) is 0 Å². The second kappa shape index (κ2) is 8.27. The third-order valence-corrected chi connectivity index (χ3v) is 5.58. The van der Waals surface area contributed by atoms with Crippen LogP contribution in [0.5, 0.6) is 0 Å². The average Bonchev–Trinajstić information content (AvgIpc) is 2.92. The molecule has 0 bridgehead atoms. The van der Waals surface area contributed by atoms with Gasteiger partial charge in [0.1, 0.15) is 0 Å². The van der Waals surface area contributed by atoms with Crippen molar-refractivity contribution in [3.63, 3.8) is 0 Å². The lowest BCUT2D eigenvalue weighted by Gasteiger charge is -2.05. The highest BCUT2D eigenvalue weighted by Crippen LogP contribution is 2.22. The van der Waals surface area contributed by atoms with E-state index in [1.807, 2.05) is 47.9 Å². The zero-order valence-corrected chi connectivity index (χ0v) is 16.7. The first-order chi connectivity index (χ1) is 12.1. The van der Waals surface area contributed by atoms with Crippen molar-refractivity contribution in [3.05, 3.63) is 62.3 Å². The van der Waals surface area contributed by atoms with Crippen LogP contribution >= 0.6 is 38.9 Å². The van der Waals surface area contributed by atoms with Gasteiger partial charge in [-0.3, -0.25) is 4.79 Å². The van der Waals surface area contributed by atoms with Crippen LogP contribution in [0, 0.1) is 0 Å². The van der Waals surface area contributed by atoms with Crippen molar-refractivity contribution < 1.29 is 9.53 Å². The number of thiazole rings is 1. The summed E-state index contributed by atoms with van der Waals surface area (Å²) in [6.07, 6.45) is 0. The number of aromatic nitrogens is 1. The Balaban J connectivity index is 2.08. The molecule has 0 aliphatic rings. The summed E-state index contributed by atoms with van der Waals surface area (Å²) in [5.41, 5.74) is 1.53. The monoisotopic (exact) mass is 438 g/mol. The molecule has 7 heteroatoms. The molecule has 0 aliphatic carbocycles. The van der Waals surface area contributed by atoms with Gasteiger partial charge >= 0.3 is 0 Å². The lowest BCUT2D eigenvalue weighted by Crippen LogP contribution is -2.19. The zero-order chi connectivity index (χ0) is 17.8. The van der Waals surface area contributed by atoms with Crippen molar-refractivity contribution in [1.29, 1.82) is 0 Å². The Labute approximate surface area is 162 Å². The fourth-order valence-electron chi connectivity index (χ4n) is 2.43. The van der Waals surface area contributed by atoms with Gasteiger partial charge in [0.05, 0.1) is 22.4 Å². The van der Waals surface area contributed by atoms with Crippen molar-refractivity contribution >= 4 is 55.0 Å². The molecule has 0 atom stereocenters. The molecule has 0 aliphatic heterocycles. The molecule has 0 unspecified atom stereocenters. The van der Waals surface area contributed by atoms with E-state index >= 15 is 0 Å². The molecule has 3 rings (SSSR count). The number of amides is 1. The van der Waals surface area contributed by atoms with Crippen LogP contribution in [0.3, 0.4) is 0 Å². The van der Waals surface area contributed by atoms with Gasteiger partial charge in [-0.05, 0) is 53.2 Å². The molecule has 0 spiro atoms. The van der Waals surface area contributed by atoms with Crippen LogP contribution in [-0.2, 0) is 11.3 Å². The molecule has 1 heterocycles. The molecule has 0 fully saturated rings. The second-order valence-electron chi connectivity index (χ2n) is 5.24. The van der Waals surface area contributed by atoms with Crippen molar-refractivity contribution in [2.24, 2.45) is 4.99 Å². The Morgan fingerprint density at radius 3 is 2.88 bits per heavy atom. The number of carbonyl (C=O) groups is 1. The van der Waals surface area contributed by atoms with Gasteiger partial charge in [-0.2, -0.15) is 4.99 Å². The Hall–Kier alpha value is -1.47. The summed E-state index contributed by atoms with van der Waals surface area (Å²) in [5, 5.41) is 0.661. The zero-order valence-electron chi connectivity index (χ0n) is 13.5. The van der Waals surface area contributed by atoms with E-state index in [0.717, 1.165) is 14.7 Å². The molecule has 0 N–H and O–H groups in total. The van der Waals surface area contributed by atoms with Crippen molar-refractivity contribution in [2.75, 3.05) is 13.2 Å². The van der Waals surface area contributed by atoms with Crippen LogP contribution in [0.15, 0.2) is 51.9 Å². The van der Waals surface area contributed by atoms with Crippen LogP contribution in [0.4, 0.5) is 0 Å². The number of hydrogen-bond donors (Lipinski definition) is 0. The summed E-state index contributed by atoms with van der Waals surface area (Å²) in [6.45, 7) is 3.79. The van der Waals surface area contributed by atoms with Crippen LogP contribution in [0.25, 0.3) is 10.2 Å². The van der Waals surface area contributed by atoms with Gasteiger partial charge in [0.15, 0.2) is 4.80 Å². The maximum atomic E-state index is 12.6. The number of nitrogens with zero attached hydrogens (tertiary/aromatic N) is 2. The van der Waals surface area contributed by atoms with Crippen LogP contribution in [-0.4, -0.2) is 23.7 Å².